The van der Waals surface area contributed by atoms with E-state index in [1.165, 1.54) is 4.90 Å². The van der Waals surface area contributed by atoms with Gasteiger partial charge in [0.25, 0.3) is 0 Å². The molecule has 0 aliphatic carbocycles. The van der Waals surface area contributed by atoms with Crippen LogP contribution in [0.1, 0.15) is 19.8 Å². The molecule has 2 N–H and O–H groups in total. The summed E-state index contributed by atoms with van der Waals surface area (Å²) in [5, 5.41) is 5.11. The zero-order chi connectivity index (χ0) is 17.9. The van der Waals surface area contributed by atoms with Crippen LogP contribution in [-0.2, 0) is 9.53 Å². The molecule has 1 spiro atoms. The monoisotopic (exact) mass is 346 g/mol. The third kappa shape index (κ3) is 3.24. The van der Waals surface area contributed by atoms with Gasteiger partial charge in [-0.2, -0.15) is 0 Å². The quantitative estimate of drug-likeness (QED) is 0.842. The molecule has 2 heterocycles. The van der Waals surface area contributed by atoms with Crippen molar-refractivity contribution in [1.29, 1.82) is 0 Å². The van der Waals surface area contributed by atoms with E-state index in [1.807, 2.05) is 30.3 Å². The molecule has 134 valence electrons. The van der Waals surface area contributed by atoms with Crippen molar-refractivity contribution in [2.24, 2.45) is 0 Å². The first-order valence-electron chi connectivity index (χ1n) is 8.40. The molecule has 0 atom stereocenters. The number of piperidine rings is 1. The van der Waals surface area contributed by atoms with Gasteiger partial charge in [0.1, 0.15) is 5.54 Å². The number of alkyl carbamates (subject to hydrolysis) is 1. The third-order valence-corrected chi connectivity index (χ3v) is 4.77. The SMILES string of the molecule is CCOC(=O)NC(=O)N1CCC2(CC1)C(=O)NCN2c1ccccc1. The third-order valence-electron chi connectivity index (χ3n) is 4.77. The highest BCUT2D eigenvalue weighted by molar-refractivity contribution is 5.94. The van der Waals surface area contributed by atoms with Gasteiger partial charge in [0, 0.05) is 18.8 Å². The van der Waals surface area contributed by atoms with Gasteiger partial charge in [-0.15, -0.1) is 0 Å². The second-order valence-electron chi connectivity index (χ2n) is 6.10. The molecule has 4 amide bonds. The number of nitrogens with zero attached hydrogens (tertiary/aromatic N) is 2. The highest BCUT2D eigenvalue weighted by atomic mass is 16.5. The van der Waals surface area contributed by atoms with Crippen LogP contribution in [0, 0.1) is 0 Å². The normalized spacial score (nSPS) is 18.8. The van der Waals surface area contributed by atoms with Crippen molar-refractivity contribution in [3.63, 3.8) is 0 Å². The number of likely N-dealkylation sites (tertiary alicyclic amines) is 1. The molecule has 25 heavy (non-hydrogen) atoms. The van der Waals surface area contributed by atoms with E-state index in [1.54, 1.807) is 6.92 Å². The number of benzene rings is 1. The molecule has 3 rings (SSSR count). The fourth-order valence-electron chi connectivity index (χ4n) is 3.45. The number of imide groups is 1. The smallest absolute Gasteiger partial charge is 0.415 e. The molecule has 2 aliphatic rings. The summed E-state index contributed by atoms with van der Waals surface area (Å²) in [5.41, 5.74) is 0.326. The lowest BCUT2D eigenvalue weighted by Gasteiger charge is -2.43. The van der Waals surface area contributed by atoms with Crippen molar-refractivity contribution in [3.05, 3.63) is 30.3 Å². The molecule has 1 aromatic carbocycles. The molecule has 0 radical (unpaired) electrons. The van der Waals surface area contributed by atoms with E-state index in [-0.39, 0.29) is 12.5 Å². The van der Waals surface area contributed by atoms with E-state index in [4.69, 9.17) is 4.74 Å². The second kappa shape index (κ2) is 7.00. The number of nitrogens with one attached hydrogen (secondary N) is 2. The maximum Gasteiger partial charge on any atom is 0.415 e. The van der Waals surface area contributed by atoms with Gasteiger partial charge in [-0.1, -0.05) is 18.2 Å². The number of urea groups is 1. The lowest BCUT2D eigenvalue weighted by atomic mass is 9.86. The summed E-state index contributed by atoms with van der Waals surface area (Å²) >= 11 is 0. The van der Waals surface area contributed by atoms with Crippen molar-refractivity contribution in [2.45, 2.75) is 25.3 Å². The fraction of sp³-hybridized carbons (Fsp3) is 0.471. The summed E-state index contributed by atoms with van der Waals surface area (Å²) in [6.45, 7) is 3.11. The van der Waals surface area contributed by atoms with Crippen molar-refractivity contribution >= 4 is 23.7 Å². The molecule has 0 aromatic heterocycles. The Balaban J connectivity index is 1.68. The standard InChI is InChI=1S/C17H22N4O4/c1-2-25-16(24)19-15(23)20-10-8-17(9-11-20)14(22)18-12-21(17)13-6-4-3-5-7-13/h3-7H,2,8-12H2,1H3,(H,18,22)(H,19,23,24). The Labute approximate surface area is 146 Å². The van der Waals surface area contributed by atoms with E-state index < -0.39 is 17.7 Å². The Morgan fingerprint density at radius 2 is 1.92 bits per heavy atom. The van der Waals surface area contributed by atoms with Crippen LogP contribution in [0.2, 0.25) is 0 Å². The van der Waals surface area contributed by atoms with Gasteiger partial charge in [-0.25, -0.2) is 14.9 Å². The summed E-state index contributed by atoms with van der Waals surface area (Å²) in [6.07, 6.45) is 0.255. The number of hydrogen-bond donors (Lipinski definition) is 2. The maximum absolute atomic E-state index is 12.5. The zero-order valence-electron chi connectivity index (χ0n) is 14.2. The number of amides is 4. The molecular weight excluding hydrogens is 324 g/mol. The number of rotatable bonds is 2. The summed E-state index contributed by atoms with van der Waals surface area (Å²) in [6, 6.07) is 9.27. The molecule has 2 saturated heterocycles. The van der Waals surface area contributed by atoms with Crippen LogP contribution in [0.5, 0.6) is 0 Å². The van der Waals surface area contributed by atoms with Crippen LogP contribution in [0.4, 0.5) is 15.3 Å². The number of anilines is 1. The minimum atomic E-state index is -0.752. The average molecular weight is 346 g/mol. The molecule has 8 heteroatoms. The van der Waals surface area contributed by atoms with Gasteiger partial charge < -0.3 is 19.9 Å². The van der Waals surface area contributed by atoms with Gasteiger partial charge in [-0.05, 0) is 31.9 Å². The van der Waals surface area contributed by atoms with Gasteiger partial charge in [0.15, 0.2) is 0 Å². The lowest BCUT2D eigenvalue weighted by Crippen LogP contribution is -2.58. The molecule has 8 nitrogen and oxygen atoms in total. The first kappa shape index (κ1) is 17.1. The van der Waals surface area contributed by atoms with E-state index in [0.717, 1.165) is 5.69 Å². The Hall–Kier alpha value is -2.77. The summed E-state index contributed by atoms with van der Waals surface area (Å²) in [4.78, 5) is 39.6. The van der Waals surface area contributed by atoms with Crippen LogP contribution in [0.15, 0.2) is 30.3 Å². The molecule has 2 aliphatic heterocycles. The fourth-order valence-corrected chi connectivity index (χ4v) is 3.45. The highest BCUT2D eigenvalue weighted by Crippen LogP contribution is 2.36. The molecule has 0 saturated carbocycles. The molecule has 2 fully saturated rings. The van der Waals surface area contributed by atoms with Gasteiger partial charge >= 0.3 is 12.1 Å². The minimum Gasteiger partial charge on any atom is -0.450 e. The number of carbonyl (C=O) groups is 3. The van der Waals surface area contributed by atoms with Crippen molar-refractivity contribution < 1.29 is 19.1 Å². The van der Waals surface area contributed by atoms with Crippen LogP contribution in [0.25, 0.3) is 0 Å². The Bertz CT molecular complexity index is 656. The van der Waals surface area contributed by atoms with Crippen molar-refractivity contribution in [2.75, 3.05) is 31.3 Å². The first-order valence-corrected chi connectivity index (χ1v) is 8.40. The second-order valence-corrected chi connectivity index (χ2v) is 6.10. The van der Waals surface area contributed by atoms with E-state index in [0.29, 0.717) is 32.6 Å². The molecule has 0 bridgehead atoms. The Kier molecular flexibility index (Phi) is 4.78. The predicted octanol–water partition coefficient (Wildman–Crippen LogP) is 1.28. The lowest BCUT2D eigenvalue weighted by molar-refractivity contribution is -0.124. The van der Waals surface area contributed by atoms with Crippen LogP contribution in [0.3, 0.4) is 0 Å². The number of carbonyl (C=O) groups excluding carboxylic acids is 3. The van der Waals surface area contributed by atoms with Crippen LogP contribution in [-0.4, -0.2) is 54.8 Å². The maximum atomic E-state index is 12.5. The van der Waals surface area contributed by atoms with E-state index >= 15 is 0 Å². The van der Waals surface area contributed by atoms with Crippen LogP contribution >= 0.6 is 0 Å². The minimum absolute atomic E-state index is 0.0122. The Morgan fingerprint density at radius 1 is 1.24 bits per heavy atom. The number of ether oxygens (including phenoxy) is 1. The van der Waals surface area contributed by atoms with E-state index in [9.17, 15) is 14.4 Å². The predicted molar refractivity (Wildman–Crippen MR) is 91.0 cm³/mol. The van der Waals surface area contributed by atoms with Crippen LogP contribution < -0.4 is 15.5 Å². The summed E-state index contributed by atoms with van der Waals surface area (Å²) < 4.78 is 4.72. The number of para-hydroxylation sites is 1. The van der Waals surface area contributed by atoms with Gasteiger partial charge in [-0.3, -0.25) is 4.79 Å². The zero-order valence-corrected chi connectivity index (χ0v) is 14.2. The van der Waals surface area contributed by atoms with Crippen molar-refractivity contribution in [1.82, 2.24) is 15.5 Å². The van der Waals surface area contributed by atoms with E-state index in [2.05, 4.69) is 15.5 Å². The van der Waals surface area contributed by atoms with Crippen molar-refractivity contribution in [3.8, 4) is 0 Å². The topological polar surface area (TPSA) is 91.0 Å². The summed E-state index contributed by atoms with van der Waals surface area (Å²) in [5.74, 6) is -0.0122. The highest BCUT2D eigenvalue weighted by Gasteiger charge is 2.50. The first-order chi connectivity index (χ1) is 12.1. The molecular formula is C17H22N4O4. The van der Waals surface area contributed by atoms with Gasteiger partial charge in [0.05, 0.1) is 13.3 Å². The Morgan fingerprint density at radius 3 is 2.56 bits per heavy atom. The largest absolute Gasteiger partial charge is 0.450 e. The van der Waals surface area contributed by atoms with Gasteiger partial charge in [0.2, 0.25) is 5.91 Å². The summed E-state index contributed by atoms with van der Waals surface area (Å²) in [7, 11) is 0. The number of hydrogen-bond acceptors (Lipinski definition) is 5. The average Bonchev–Trinajstić information content (AvgIpc) is 2.93. The molecule has 0 unspecified atom stereocenters. The molecule has 1 aromatic rings.